The smallest absolute Gasteiger partial charge is 0.247 e. The van der Waals surface area contributed by atoms with E-state index in [-0.39, 0.29) is 6.10 Å². The van der Waals surface area contributed by atoms with Crippen LogP contribution in [0.5, 0.6) is 0 Å². The molecule has 0 saturated carbocycles. The Labute approximate surface area is 163 Å². The average molecular weight is 382 g/mol. The first kappa shape index (κ1) is 18.2. The van der Waals surface area contributed by atoms with Crippen molar-refractivity contribution in [2.75, 3.05) is 19.8 Å². The van der Waals surface area contributed by atoms with Crippen molar-refractivity contribution in [1.82, 2.24) is 10.2 Å². The molecule has 27 heavy (non-hydrogen) atoms. The van der Waals surface area contributed by atoms with E-state index in [0.717, 1.165) is 11.3 Å². The van der Waals surface area contributed by atoms with Crippen molar-refractivity contribution < 1.29 is 13.9 Å². The fourth-order valence-electron chi connectivity index (χ4n) is 2.93. The largest absolute Gasteiger partial charge is 0.418 e. The van der Waals surface area contributed by atoms with E-state index in [9.17, 15) is 0 Å². The number of ether oxygens (including phenoxy) is 2. The van der Waals surface area contributed by atoms with Gasteiger partial charge in [-0.05, 0) is 43.2 Å². The minimum absolute atomic E-state index is 0.275. The molecule has 0 aliphatic carbocycles. The summed E-state index contributed by atoms with van der Waals surface area (Å²) in [7, 11) is 0. The van der Waals surface area contributed by atoms with E-state index in [0.29, 0.717) is 31.6 Å². The van der Waals surface area contributed by atoms with Gasteiger partial charge in [0.05, 0.1) is 19.8 Å². The lowest BCUT2D eigenvalue weighted by atomic mass is 10.1. The lowest BCUT2D eigenvalue weighted by Gasteiger charge is -2.19. The van der Waals surface area contributed by atoms with Crippen LogP contribution in [0.25, 0.3) is 11.5 Å². The van der Waals surface area contributed by atoms with Crippen molar-refractivity contribution in [3.63, 3.8) is 0 Å². The molecule has 6 heteroatoms. The van der Waals surface area contributed by atoms with E-state index in [1.54, 1.807) is 0 Å². The normalized spacial score (nSPS) is 17.2. The van der Waals surface area contributed by atoms with Crippen molar-refractivity contribution in [3.05, 3.63) is 65.0 Å². The first-order valence-corrected chi connectivity index (χ1v) is 10.00. The van der Waals surface area contributed by atoms with Crippen LogP contribution >= 0.6 is 11.8 Å². The van der Waals surface area contributed by atoms with Gasteiger partial charge in [0.25, 0.3) is 0 Å². The van der Waals surface area contributed by atoms with Crippen LogP contribution in [0.15, 0.2) is 51.8 Å². The third kappa shape index (κ3) is 4.40. The summed E-state index contributed by atoms with van der Waals surface area (Å²) in [5.41, 5.74) is 4.72. The van der Waals surface area contributed by atoms with Gasteiger partial charge in [-0.25, -0.2) is 0 Å². The average Bonchev–Trinajstić information content (AvgIpc) is 3.20. The molecule has 0 radical (unpaired) electrons. The monoisotopic (exact) mass is 382 g/mol. The summed E-state index contributed by atoms with van der Waals surface area (Å²) in [5, 5.41) is 8.32. The van der Waals surface area contributed by atoms with Gasteiger partial charge in [0.15, 0.2) is 6.10 Å². The summed E-state index contributed by atoms with van der Waals surface area (Å²) in [6.45, 7) is 5.88. The zero-order valence-electron chi connectivity index (χ0n) is 15.5. The molecule has 2 aromatic carbocycles. The van der Waals surface area contributed by atoms with Gasteiger partial charge in [0.1, 0.15) is 0 Å². The first-order valence-electron chi connectivity index (χ1n) is 9.01. The Morgan fingerprint density at radius 2 is 2.00 bits per heavy atom. The van der Waals surface area contributed by atoms with E-state index in [1.165, 1.54) is 21.6 Å². The van der Waals surface area contributed by atoms with Crippen LogP contribution in [-0.2, 0) is 15.2 Å². The van der Waals surface area contributed by atoms with E-state index in [4.69, 9.17) is 13.9 Å². The van der Waals surface area contributed by atoms with Crippen molar-refractivity contribution in [1.29, 1.82) is 0 Å². The van der Waals surface area contributed by atoms with Crippen LogP contribution in [-0.4, -0.2) is 30.0 Å². The van der Waals surface area contributed by atoms with Crippen LogP contribution in [0.1, 0.15) is 28.7 Å². The minimum Gasteiger partial charge on any atom is -0.418 e. The maximum atomic E-state index is 5.83. The topological polar surface area (TPSA) is 57.4 Å². The highest BCUT2D eigenvalue weighted by atomic mass is 32.2. The maximum Gasteiger partial charge on any atom is 0.247 e. The Morgan fingerprint density at radius 1 is 1.07 bits per heavy atom. The van der Waals surface area contributed by atoms with Crippen LogP contribution in [0.3, 0.4) is 0 Å². The number of aromatic nitrogens is 2. The molecule has 1 aromatic heterocycles. The van der Waals surface area contributed by atoms with Gasteiger partial charge in [-0.15, -0.1) is 22.0 Å². The second-order valence-corrected chi connectivity index (χ2v) is 7.65. The predicted octanol–water partition coefficient (Wildman–Crippen LogP) is 4.73. The van der Waals surface area contributed by atoms with Gasteiger partial charge < -0.3 is 13.9 Å². The molecule has 0 N–H and O–H groups in total. The second kappa shape index (κ2) is 8.25. The molecule has 1 fully saturated rings. The van der Waals surface area contributed by atoms with Crippen LogP contribution in [0, 0.1) is 13.8 Å². The predicted molar refractivity (Wildman–Crippen MR) is 105 cm³/mol. The van der Waals surface area contributed by atoms with Crippen molar-refractivity contribution in [2.45, 2.75) is 30.6 Å². The molecule has 1 aliphatic heterocycles. The zero-order valence-corrected chi connectivity index (χ0v) is 16.3. The molecule has 0 bridgehead atoms. The second-order valence-electron chi connectivity index (χ2n) is 6.64. The molecule has 1 saturated heterocycles. The SMILES string of the molecule is Cc1ccc(C)c(SCc2cccc(-c3nnc(C4COCCO4)o3)c2)c1. The molecule has 1 atom stereocenters. The Balaban J connectivity index is 1.47. The number of hydrogen-bond acceptors (Lipinski definition) is 6. The van der Waals surface area contributed by atoms with Gasteiger partial charge in [-0.3, -0.25) is 0 Å². The highest BCUT2D eigenvalue weighted by molar-refractivity contribution is 7.98. The van der Waals surface area contributed by atoms with Crippen LogP contribution < -0.4 is 0 Å². The standard InChI is InChI=1S/C21H22N2O3S/c1-14-6-7-15(2)19(10-14)27-13-16-4-3-5-17(11-16)20-22-23-21(26-20)18-12-24-8-9-25-18/h3-7,10-11,18H,8-9,12-13H2,1-2H3. The van der Waals surface area contributed by atoms with Gasteiger partial charge in [-0.1, -0.05) is 29.8 Å². The summed E-state index contributed by atoms with van der Waals surface area (Å²) in [6.07, 6.45) is -0.275. The van der Waals surface area contributed by atoms with Gasteiger partial charge >= 0.3 is 0 Å². The van der Waals surface area contributed by atoms with Gasteiger partial charge in [-0.2, -0.15) is 0 Å². The quantitative estimate of drug-likeness (QED) is 0.595. The van der Waals surface area contributed by atoms with Crippen molar-refractivity contribution >= 4 is 11.8 Å². The maximum absolute atomic E-state index is 5.83. The first-order chi connectivity index (χ1) is 13.2. The molecule has 3 aromatic rings. The summed E-state index contributed by atoms with van der Waals surface area (Å²) in [6, 6.07) is 14.8. The highest BCUT2D eigenvalue weighted by Gasteiger charge is 2.23. The fourth-order valence-corrected chi connectivity index (χ4v) is 4.00. The third-order valence-corrected chi connectivity index (χ3v) is 5.67. The van der Waals surface area contributed by atoms with Crippen molar-refractivity contribution in [3.8, 4) is 11.5 Å². The van der Waals surface area contributed by atoms with Crippen molar-refractivity contribution in [2.24, 2.45) is 0 Å². The number of rotatable bonds is 5. The molecular weight excluding hydrogens is 360 g/mol. The molecular formula is C21H22N2O3S. The minimum atomic E-state index is -0.275. The molecule has 0 amide bonds. The summed E-state index contributed by atoms with van der Waals surface area (Å²) in [4.78, 5) is 1.31. The molecule has 0 spiro atoms. The Bertz CT molecular complexity index is 919. The number of nitrogens with zero attached hydrogens (tertiary/aromatic N) is 2. The third-order valence-electron chi connectivity index (χ3n) is 4.44. The summed E-state index contributed by atoms with van der Waals surface area (Å²) >= 11 is 1.84. The summed E-state index contributed by atoms with van der Waals surface area (Å²) in [5.74, 6) is 1.87. The Morgan fingerprint density at radius 3 is 2.85 bits per heavy atom. The lowest BCUT2D eigenvalue weighted by molar-refractivity contribution is -0.0995. The molecule has 1 aliphatic rings. The van der Waals surface area contributed by atoms with Crippen LogP contribution in [0.2, 0.25) is 0 Å². The summed E-state index contributed by atoms with van der Waals surface area (Å²) < 4.78 is 16.9. The molecule has 140 valence electrons. The fraction of sp³-hybridized carbons (Fsp3) is 0.333. The number of hydrogen-bond donors (Lipinski definition) is 0. The van der Waals surface area contributed by atoms with E-state index < -0.39 is 0 Å². The van der Waals surface area contributed by atoms with E-state index in [2.05, 4.69) is 54.4 Å². The number of benzene rings is 2. The molecule has 2 heterocycles. The van der Waals surface area contributed by atoms with Gasteiger partial charge in [0.2, 0.25) is 11.8 Å². The number of thioether (sulfide) groups is 1. The highest BCUT2D eigenvalue weighted by Crippen LogP contribution is 2.29. The van der Waals surface area contributed by atoms with Crippen LogP contribution in [0.4, 0.5) is 0 Å². The molecule has 1 unspecified atom stereocenters. The Hall–Kier alpha value is -2.15. The molecule has 5 nitrogen and oxygen atoms in total. The van der Waals surface area contributed by atoms with E-state index >= 15 is 0 Å². The van der Waals surface area contributed by atoms with Gasteiger partial charge in [0, 0.05) is 16.2 Å². The van der Waals surface area contributed by atoms with E-state index in [1.807, 2.05) is 23.9 Å². The Kier molecular flexibility index (Phi) is 5.57. The number of aryl methyl sites for hydroxylation is 2. The molecule has 4 rings (SSSR count). The zero-order chi connectivity index (χ0) is 18.6. The lowest BCUT2D eigenvalue weighted by Crippen LogP contribution is -2.22.